The normalized spacial score (nSPS) is 10.3. The van der Waals surface area contributed by atoms with E-state index in [0.717, 1.165) is 12.2 Å². The van der Waals surface area contributed by atoms with E-state index in [1.54, 1.807) is 6.07 Å². The van der Waals surface area contributed by atoms with Gasteiger partial charge in [-0.2, -0.15) is 0 Å². The quantitative estimate of drug-likeness (QED) is 0.710. The Morgan fingerprint density at radius 1 is 1.47 bits per heavy atom. The number of nitrogens with one attached hydrogen (secondary N) is 1. The second-order valence-corrected chi connectivity index (χ2v) is 3.81. The van der Waals surface area contributed by atoms with Gasteiger partial charge in [-0.1, -0.05) is 13.8 Å². The van der Waals surface area contributed by atoms with Crippen LogP contribution in [0.5, 0.6) is 5.75 Å². The van der Waals surface area contributed by atoms with Crippen molar-refractivity contribution in [2.75, 3.05) is 11.9 Å². The molecule has 0 saturated heterocycles. The van der Waals surface area contributed by atoms with Crippen LogP contribution in [0.25, 0.3) is 0 Å². The molecule has 15 heavy (non-hydrogen) atoms. The monoisotopic (exact) mass is 209 g/mol. The second-order valence-electron chi connectivity index (χ2n) is 3.81. The van der Waals surface area contributed by atoms with Crippen LogP contribution in [0.2, 0.25) is 0 Å². The number of carboxylic acids is 1. The number of anilines is 1. The summed E-state index contributed by atoms with van der Waals surface area (Å²) >= 11 is 0. The number of carboxylic acid groups (broad SMARTS) is 1. The molecule has 0 saturated carbocycles. The molecule has 0 aliphatic carbocycles. The van der Waals surface area contributed by atoms with E-state index < -0.39 is 5.97 Å². The van der Waals surface area contributed by atoms with E-state index in [1.165, 1.54) is 12.1 Å². The van der Waals surface area contributed by atoms with Crippen LogP contribution < -0.4 is 5.32 Å². The van der Waals surface area contributed by atoms with Crippen LogP contribution in [0.1, 0.15) is 24.2 Å². The molecule has 0 aliphatic rings. The van der Waals surface area contributed by atoms with Gasteiger partial charge in [0.2, 0.25) is 0 Å². The van der Waals surface area contributed by atoms with E-state index in [1.807, 2.05) is 0 Å². The number of aromatic hydroxyl groups is 1. The molecule has 0 atom stereocenters. The zero-order valence-electron chi connectivity index (χ0n) is 8.82. The lowest BCUT2D eigenvalue weighted by molar-refractivity contribution is 0.0694. The van der Waals surface area contributed by atoms with E-state index in [-0.39, 0.29) is 11.3 Å². The van der Waals surface area contributed by atoms with E-state index in [2.05, 4.69) is 19.2 Å². The Labute approximate surface area is 88.6 Å². The summed E-state index contributed by atoms with van der Waals surface area (Å²) in [6.45, 7) is 4.92. The van der Waals surface area contributed by atoms with E-state index in [4.69, 9.17) is 5.11 Å². The van der Waals surface area contributed by atoms with Gasteiger partial charge in [0.15, 0.2) is 0 Å². The highest BCUT2D eigenvalue weighted by molar-refractivity contribution is 5.91. The third kappa shape index (κ3) is 3.16. The fourth-order valence-electron chi connectivity index (χ4n) is 1.14. The number of hydrogen-bond donors (Lipinski definition) is 3. The second kappa shape index (κ2) is 4.68. The van der Waals surface area contributed by atoms with Crippen molar-refractivity contribution in [2.24, 2.45) is 5.92 Å². The standard InChI is InChI=1S/C11H15NO3/c1-7(2)6-12-8-3-4-9(11(14)15)10(13)5-8/h3-5,7,12-13H,6H2,1-2H3,(H,14,15). The molecule has 82 valence electrons. The zero-order valence-corrected chi connectivity index (χ0v) is 8.82. The molecule has 4 nitrogen and oxygen atoms in total. The van der Waals surface area contributed by atoms with Crippen LogP contribution in [-0.4, -0.2) is 22.7 Å². The molecular formula is C11H15NO3. The van der Waals surface area contributed by atoms with Crippen molar-refractivity contribution in [1.29, 1.82) is 0 Å². The number of hydrogen-bond acceptors (Lipinski definition) is 3. The third-order valence-corrected chi connectivity index (χ3v) is 1.94. The van der Waals surface area contributed by atoms with Gasteiger partial charge in [0.05, 0.1) is 0 Å². The fourth-order valence-corrected chi connectivity index (χ4v) is 1.14. The molecule has 0 radical (unpaired) electrons. The molecule has 0 heterocycles. The van der Waals surface area contributed by atoms with Crippen molar-refractivity contribution in [3.63, 3.8) is 0 Å². The molecule has 0 aliphatic heterocycles. The van der Waals surface area contributed by atoms with Gasteiger partial charge in [0, 0.05) is 18.3 Å². The third-order valence-electron chi connectivity index (χ3n) is 1.94. The van der Waals surface area contributed by atoms with Crippen molar-refractivity contribution in [2.45, 2.75) is 13.8 Å². The van der Waals surface area contributed by atoms with Crippen molar-refractivity contribution in [3.05, 3.63) is 23.8 Å². The maximum atomic E-state index is 10.6. The lowest BCUT2D eigenvalue weighted by Gasteiger charge is -2.09. The molecule has 1 aromatic rings. The van der Waals surface area contributed by atoms with Gasteiger partial charge < -0.3 is 15.5 Å². The maximum absolute atomic E-state index is 10.6. The Hall–Kier alpha value is -1.71. The molecule has 0 spiro atoms. The number of rotatable bonds is 4. The van der Waals surface area contributed by atoms with Crippen LogP contribution in [0, 0.1) is 5.92 Å². The predicted octanol–water partition coefficient (Wildman–Crippen LogP) is 2.16. The molecule has 4 heteroatoms. The first kappa shape index (κ1) is 11.4. The number of benzene rings is 1. The molecule has 0 fully saturated rings. The van der Waals surface area contributed by atoms with Crippen molar-refractivity contribution < 1.29 is 15.0 Å². The molecule has 3 N–H and O–H groups in total. The molecule has 1 rings (SSSR count). The Morgan fingerprint density at radius 3 is 2.60 bits per heavy atom. The van der Waals surface area contributed by atoms with Gasteiger partial charge >= 0.3 is 5.97 Å². The summed E-state index contributed by atoms with van der Waals surface area (Å²) in [7, 11) is 0. The van der Waals surface area contributed by atoms with Crippen molar-refractivity contribution >= 4 is 11.7 Å². The minimum atomic E-state index is -1.12. The smallest absolute Gasteiger partial charge is 0.339 e. The summed E-state index contributed by atoms with van der Waals surface area (Å²) in [5.74, 6) is -0.842. The topological polar surface area (TPSA) is 69.6 Å². The zero-order chi connectivity index (χ0) is 11.4. The number of carbonyl (C=O) groups is 1. The van der Waals surface area contributed by atoms with Crippen LogP contribution in [0.15, 0.2) is 18.2 Å². The van der Waals surface area contributed by atoms with Gasteiger partial charge in [0.25, 0.3) is 0 Å². The van der Waals surface area contributed by atoms with Crippen LogP contribution >= 0.6 is 0 Å². The highest BCUT2D eigenvalue weighted by Crippen LogP contribution is 2.21. The average molecular weight is 209 g/mol. The molecule has 0 unspecified atom stereocenters. The first-order valence-corrected chi connectivity index (χ1v) is 4.81. The van der Waals surface area contributed by atoms with Gasteiger partial charge in [0.1, 0.15) is 11.3 Å². The first-order valence-electron chi connectivity index (χ1n) is 4.81. The summed E-state index contributed by atoms with van der Waals surface area (Å²) in [6, 6.07) is 4.46. The summed E-state index contributed by atoms with van der Waals surface area (Å²) in [4.78, 5) is 10.6. The fraction of sp³-hybridized carbons (Fsp3) is 0.364. The summed E-state index contributed by atoms with van der Waals surface area (Å²) < 4.78 is 0. The molecular weight excluding hydrogens is 194 g/mol. The lowest BCUT2D eigenvalue weighted by Crippen LogP contribution is -2.08. The Morgan fingerprint density at radius 2 is 2.13 bits per heavy atom. The van der Waals surface area contributed by atoms with Crippen LogP contribution in [-0.2, 0) is 0 Å². The van der Waals surface area contributed by atoms with Crippen LogP contribution in [0.4, 0.5) is 5.69 Å². The van der Waals surface area contributed by atoms with Crippen molar-refractivity contribution in [3.8, 4) is 5.75 Å². The average Bonchev–Trinajstić information content (AvgIpc) is 2.14. The van der Waals surface area contributed by atoms with E-state index in [9.17, 15) is 9.90 Å². The summed E-state index contributed by atoms with van der Waals surface area (Å²) in [5.41, 5.74) is 0.649. The Balaban J connectivity index is 2.78. The molecule has 1 aromatic carbocycles. The minimum absolute atomic E-state index is 0.0786. The largest absolute Gasteiger partial charge is 0.507 e. The van der Waals surface area contributed by atoms with Crippen molar-refractivity contribution in [1.82, 2.24) is 0 Å². The molecule has 0 aromatic heterocycles. The van der Waals surface area contributed by atoms with Crippen LogP contribution in [0.3, 0.4) is 0 Å². The number of phenols is 1. The Kier molecular flexibility index (Phi) is 3.55. The highest BCUT2D eigenvalue weighted by atomic mass is 16.4. The highest BCUT2D eigenvalue weighted by Gasteiger charge is 2.09. The van der Waals surface area contributed by atoms with Gasteiger partial charge in [-0.15, -0.1) is 0 Å². The molecule has 0 bridgehead atoms. The number of aromatic carboxylic acids is 1. The lowest BCUT2D eigenvalue weighted by atomic mass is 10.1. The van der Waals surface area contributed by atoms with Gasteiger partial charge in [-0.05, 0) is 18.1 Å². The Bertz CT molecular complexity index is 361. The molecule has 0 amide bonds. The van der Waals surface area contributed by atoms with E-state index >= 15 is 0 Å². The summed E-state index contributed by atoms with van der Waals surface area (Å²) in [5, 5.41) is 21.2. The van der Waals surface area contributed by atoms with E-state index in [0.29, 0.717) is 5.92 Å². The minimum Gasteiger partial charge on any atom is -0.507 e. The summed E-state index contributed by atoms with van der Waals surface area (Å²) in [6.07, 6.45) is 0. The van der Waals surface area contributed by atoms with Gasteiger partial charge in [-0.25, -0.2) is 4.79 Å². The first-order chi connectivity index (χ1) is 7.00. The van der Waals surface area contributed by atoms with Gasteiger partial charge in [-0.3, -0.25) is 0 Å². The SMILES string of the molecule is CC(C)CNc1ccc(C(=O)O)c(O)c1. The maximum Gasteiger partial charge on any atom is 0.339 e. The predicted molar refractivity (Wildman–Crippen MR) is 58.4 cm³/mol.